The first-order valence-electron chi connectivity index (χ1n) is 9.93. The SMILES string of the molecule is CCN(C(=O)CSc1nnc(-c2ccccc2F)n1-c1ccccc1)c1ccccc1. The Labute approximate surface area is 184 Å². The highest BCUT2D eigenvalue weighted by atomic mass is 32.2. The number of rotatable bonds is 7. The van der Waals surface area contributed by atoms with Crippen LogP contribution >= 0.6 is 11.8 Å². The second-order valence-corrected chi connectivity index (χ2v) is 7.66. The van der Waals surface area contributed by atoms with Crippen LogP contribution in [0.4, 0.5) is 10.1 Å². The van der Waals surface area contributed by atoms with Crippen molar-refractivity contribution >= 4 is 23.4 Å². The van der Waals surface area contributed by atoms with Crippen LogP contribution in [0, 0.1) is 5.82 Å². The molecule has 7 heteroatoms. The predicted molar refractivity (Wildman–Crippen MR) is 122 cm³/mol. The van der Waals surface area contributed by atoms with E-state index in [9.17, 15) is 9.18 Å². The Hall–Kier alpha value is -3.45. The normalized spacial score (nSPS) is 10.8. The van der Waals surface area contributed by atoms with E-state index in [0.29, 0.717) is 23.1 Å². The fraction of sp³-hybridized carbons (Fsp3) is 0.125. The van der Waals surface area contributed by atoms with Crippen LogP contribution in [0.5, 0.6) is 0 Å². The maximum Gasteiger partial charge on any atom is 0.237 e. The lowest BCUT2D eigenvalue weighted by Crippen LogP contribution is -2.32. The van der Waals surface area contributed by atoms with Gasteiger partial charge >= 0.3 is 0 Å². The third kappa shape index (κ3) is 4.51. The number of carbonyl (C=O) groups excluding carboxylic acids is 1. The number of nitrogens with zero attached hydrogens (tertiary/aromatic N) is 4. The standard InChI is InChI=1S/C24H21FN4OS/c1-2-28(18-11-5-3-6-12-18)22(30)17-31-24-27-26-23(20-15-9-10-16-21(20)25)29(24)19-13-7-4-8-14-19/h3-16H,2,17H2,1H3. The smallest absolute Gasteiger partial charge is 0.237 e. The van der Waals surface area contributed by atoms with Gasteiger partial charge < -0.3 is 4.90 Å². The Balaban J connectivity index is 1.65. The van der Waals surface area contributed by atoms with E-state index in [1.54, 1.807) is 27.7 Å². The molecule has 4 aromatic rings. The number of carbonyl (C=O) groups is 1. The molecule has 0 saturated heterocycles. The van der Waals surface area contributed by atoms with Crippen LogP contribution in [0.3, 0.4) is 0 Å². The van der Waals surface area contributed by atoms with E-state index in [1.807, 2.05) is 67.6 Å². The predicted octanol–water partition coefficient (Wildman–Crippen LogP) is 5.22. The monoisotopic (exact) mass is 432 g/mol. The van der Waals surface area contributed by atoms with Crippen molar-refractivity contribution in [3.8, 4) is 17.1 Å². The summed E-state index contributed by atoms with van der Waals surface area (Å²) in [5, 5.41) is 9.06. The number of amides is 1. The van der Waals surface area contributed by atoms with Crippen molar-refractivity contribution in [2.24, 2.45) is 0 Å². The molecule has 0 unspecified atom stereocenters. The summed E-state index contributed by atoms with van der Waals surface area (Å²) in [6.45, 7) is 2.51. The van der Waals surface area contributed by atoms with E-state index in [2.05, 4.69) is 10.2 Å². The molecule has 0 aliphatic rings. The van der Waals surface area contributed by atoms with Crippen LogP contribution in [0.1, 0.15) is 6.92 Å². The Morgan fingerprint density at radius 1 is 0.935 bits per heavy atom. The molecule has 156 valence electrons. The molecule has 0 bridgehead atoms. The van der Waals surface area contributed by atoms with Gasteiger partial charge in [0.05, 0.1) is 11.3 Å². The Kier molecular flexibility index (Phi) is 6.43. The van der Waals surface area contributed by atoms with Gasteiger partial charge in [-0.1, -0.05) is 60.3 Å². The maximum atomic E-state index is 14.5. The molecule has 1 aromatic heterocycles. The average Bonchev–Trinajstić information content (AvgIpc) is 3.23. The van der Waals surface area contributed by atoms with Crippen molar-refractivity contribution in [1.29, 1.82) is 0 Å². The van der Waals surface area contributed by atoms with Gasteiger partial charge in [-0.05, 0) is 43.3 Å². The van der Waals surface area contributed by atoms with E-state index in [4.69, 9.17) is 0 Å². The molecule has 1 amide bonds. The van der Waals surface area contributed by atoms with Crippen molar-refractivity contribution in [3.05, 3.63) is 90.7 Å². The Bertz CT molecular complexity index is 1160. The number of aromatic nitrogens is 3. The molecule has 0 aliphatic carbocycles. The molecule has 3 aromatic carbocycles. The summed E-state index contributed by atoms with van der Waals surface area (Å²) in [6, 6.07) is 25.5. The number of thioether (sulfide) groups is 1. The Morgan fingerprint density at radius 2 is 1.58 bits per heavy atom. The fourth-order valence-corrected chi connectivity index (χ4v) is 4.13. The van der Waals surface area contributed by atoms with Gasteiger partial charge in [0.1, 0.15) is 5.82 Å². The van der Waals surface area contributed by atoms with Gasteiger partial charge in [-0.15, -0.1) is 10.2 Å². The van der Waals surface area contributed by atoms with E-state index in [-0.39, 0.29) is 17.5 Å². The number of anilines is 1. The number of halogens is 1. The van der Waals surface area contributed by atoms with Gasteiger partial charge in [-0.2, -0.15) is 0 Å². The van der Waals surface area contributed by atoms with Crippen molar-refractivity contribution in [2.75, 3.05) is 17.2 Å². The van der Waals surface area contributed by atoms with E-state index < -0.39 is 0 Å². The largest absolute Gasteiger partial charge is 0.312 e. The first-order valence-corrected chi connectivity index (χ1v) is 10.9. The zero-order chi connectivity index (χ0) is 21.6. The molecular weight excluding hydrogens is 411 g/mol. The topological polar surface area (TPSA) is 51.0 Å². The van der Waals surface area contributed by atoms with Crippen molar-refractivity contribution in [3.63, 3.8) is 0 Å². The molecule has 31 heavy (non-hydrogen) atoms. The van der Waals surface area contributed by atoms with Crippen LogP contribution in [-0.4, -0.2) is 33.0 Å². The van der Waals surface area contributed by atoms with Crippen molar-refractivity contribution in [2.45, 2.75) is 12.1 Å². The Morgan fingerprint density at radius 3 is 2.26 bits per heavy atom. The van der Waals surface area contributed by atoms with Crippen LogP contribution in [0.15, 0.2) is 90.1 Å². The molecular formula is C24H21FN4OS. The molecule has 0 radical (unpaired) electrons. The third-order valence-corrected chi connectivity index (χ3v) is 5.69. The fourth-order valence-electron chi connectivity index (χ4n) is 3.31. The zero-order valence-electron chi connectivity index (χ0n) is 17.0. The number of hydrogen-bond acceptors (Lipinski definition) is 4. The van der Waals surface area contributed by atoms with Gasteiger partial charge in [-0.25, -0.2) is 4.39 Å². The minimum absolute atomic E-state index is 0.0336. The second-order valence-electron chi connectivity index (χ2n) is 6.72. The lowest BCUT2D eigenvalue weighted by molar-refractivity contribution is -0.116. The van der Waals surface area contributed by atoms with Gasteiger partial charge in [0.25, 0.3) is 0 Å². The first kappa shape index (κ1) is 20.8. The lowest BCUT2D eigenvalue weighted by atomic mass is 10.2. The van der Waals surface area contributed by atoms with Crippen molar-refractivity contribution in [1.82, 2.24) is 14.8 Å². The minimum atomic E-state index is -0.374. The van der Waals surface area contributed by atoms with E-state index in [1.165, 1.54) is 17.8 Å². The van der Waals surface area contributed by atoms with Crippen LogP contribution in [0.25, 0.3) is 17.1 Å². The zero-order valence-corrected chi connectivity index (χ0v) is 17.8. The molecule has 4 rings (SSSR count). The van der Waals surface area contributed by atoms with Gasteiger partial charge in [0.15, 0.2) is 11.0 Å². The lowest BCUT2D eigenvalue weighted by Gasteiger charge is -2.20. The molecule has 0 atom stereocenters. The quantitative estimate of drug-likeness (QED) is 0.376. The molecule has 0 saturated carbocycles. The first-order chi connectivity index (χ1) is 15.2. The highest BCUT2D eigenvalue weighted by Gasteiger charge is 2.21. The number of hydrogen-bond donors (Lipinski definition) is 0. The summed E-state index contributed by atoms with van der Waals surface area (Å²) in [5.74, 6) is 0.176. The van der Waals surface area contributed by atoms with Crippen molar-refractivity contribution < 1.29 is 9.18 Å². The molecule has 5 nitrogen and oxygen atoms in total. The van der Waals surface area contributed by atoms with Crippen LogP contribution in [0.2, 0.25) is 0 Å². The minimum Gasteiger partial charge on any atom is -0.312 e. The van der Waals surface area contributed by atoms with Gasteiger partial charge in [-0.3, -0.25) is 9.36 Å². The highest BCUT2D eigenvalue weighted by molar-refractivity contribution is 7.99. The number of benzene rings is 3. The van der Waals surface area contributed by atoms with Gasteiger partial charge in [0.2, 0.25) is 5.91 Å². The van der Waals surface area contributed by atoms with Crippen LogP contribution in [-0.2, 0) is 4.79 Å². The van der Waals surface area contributed by atoms with Gasteiger partial charge in [0, 0.05) is 17.9 Å². The summed E-state index contributed by atoms with van der Waals surface area (Å²) in [7, 11) is 0. The van der Waals surface area contributed by atoms with Crippen LogP contribution < -0.4 is 4.90 Å². The summed E-state index contributed by atoms with van der Waals surface area (Å²) >= 11 is 1.29. The summed E-state index contributed by atoms with van der Waals surface area (Å²) < 4.78 is 16.3. The summed E-state index contributed by atoms with van der Waals surface area (Å²) in [6.07, 6.45) is 0. The van der Waals surface area contributed by atoms with E-state index in [0.717, 1.165) is 11.4 Å². The summed E-state index contributed by atoms with van der Waals surface area (Å²) in [5.41, 5.74) is 2.01. The number of para-hydroxylation sites is 2. The van der Waals surface area contributed by atoms with E-state index >= 15 is 0 Å². The molecule has 0 fully saturated rings. The molecule has 0 aliphatic heterocycles. The highest BCUT2D eigenvalue weighted by Crippen LogP contribution is 2.29. The molecule has 0 spiro atoms. The average molecular weight is 433 g/mol. The maximum absolute atomic E-state index is 14.5. The third-order valence-electron chi connectivity index (χ3n) is 4.77. The summed E-state index contributed by atoms with van der Waals surface area (Å²) in [4.78, 5) is 14.6. The molecule has 0 N–H and O–H groups in total. The molecule has 1 heterocycles. The second kappa shape index (κ2) is 9.57.